The van der Waals surface area contributed by atoms with E-state index in [0.717, 1.165) is 6.92 Å². The van der Waals surface area contributed by atoms with Gasteiger partial charge >= 0.3 is 12.1 Å². The smallest absolute Gasteiger partial charge is 0.408 e. The van der Waals surface area contributed by atoms with Gasteiger partial charge in [-0.2, -0.15) is 0 Å². The lowest BCUT2D eigenvalue weighted by molar-refractivity contribution is -0.142. The Morgan fingerprint density at radius 1 is 1.14 bits per heavy atom. The van der Waals surface area contributed by atoms with E-state index in [1.54, 1.807) is 30.3 Å². The Hall–Kier alpha value is -3.97. The maximum atomic E-state index is 13.7. The van der Waals surface area contributed by atoms with Crippen molar-refractivity contribution >= 4 is 29.8 Å². The fraction of sp³-hybridized carbons (Fsp3) is 0.476. The summed E-state index contributed by atoms with van der Waals surface area (Å²) >= 11 is 0. The molecule has 0 fully saturated rings. The third-order valence-electron chi connectivity index (χ3n) is 4.78. The number of rotatable bonds is 13. The monoisotopic (exact) mass is 500 g/mol. The number of guanidine groups is 1. The molecule has 0 heterocycles. The topological polar surface area (TPSA) is 198 Å². The summed E-state index contributed by atoms with van der Waals surface area (Å²) in [6, 6.07) is 5.70. The van der Waals surface area contributed by atoms with Gasteiger partial charge in [0, 0.05) is 6.54 Å². The Balaban J connectivity index is 2.71. The minimum absolute atomic E-state index is 0.0257. The number of nitrogens with zero attached hydrogens (tertiary/aromatic N) is 1. The van der Waals surface area contributed by atoms with Gasteiger partial charge in [0.2, 0.25) is 5.91 Å². The average Bonchev–Trinajstić information content (AvgIpc) is 2.79. The Morgan fingerprint density at radius 2 is 1.77 bits per heavy atom. The third kappa shape index (κ3) is 9.81. The molecule has 0 saturated heterocycles. The molecule has 1 rings (SSSR count). The van der Waals surface area contributed by atoms with E-state index in [2.05, 4.69) is 15.6 Å². The molecule has 194 valence electrons. The highest BCUT2D eigenvalue weighted by Gasteiger charge is 2.45. The zero-order valence-corrected chi connectivity index (χ0v) is 19.3. The van der Waals surface area contributed by atoms with Crippen LogP contribution in [0.4, 0.5) is 13.6 Å². The van der Waals surface area contributed by atoms with Gasteiger partial charge in [0.05, 0.1) is 0 Å². The van der Waals surface area contributed by atoms with Gasteiger partial charge in [0.15, 0.2) is 11.5 Å². The van der Waals surface area contributed by atoms with E-state index >= 15 is 0 Å². The van der Waals surface area contributed by atoms with Crippen molar-refractivity contribution in [1.82, 2.24) is 16.0 Å². The minimum atomic E-state index is -3.36. The van der Waals surface area contributed by atoms with Crippen LogP contribution in [-0.2, 0) is 25.7 Å². The van der Waals surface area contributed by atoms with Crippen LogP contribution in [0.5, 0.6) is 0 Å². The maximum absolute atomic E-state index is 13.7. The highest BCUT2D eigenvalue weighted by Crippen LogP contribution is 2.17. The van der Waals surface area contributed by atoms with E-state index in [4.69, 9.17) is 16.2 Å². The summed E-state index contributed by atoms with van der Waals surface area (Å²) in [6.45, 7) is 1.86. The first kappa shape index (κ1) is 29.1. The molecular formula is C21H30F2N6O6. The maximum Gasteiger partial charge on any atom is 0.408 e. The molecule has 3 amide bonds. The lowest BCUT2D eigenvalue weighted by Gasteiger charge is -2.29. The minimum Gasteiger partial charge on any atom is -0.480 e. The third-order valence-corrected chi connectivity index (χ3v) is 4.78. The summed E-state index contributed by atoms with van der Waals surface area (Å²) in [6.07, 6.45) is -4.42. The van der Waals surface area contributed by atoms with Crippen molar-refractivity contribution in [2.24, 2.45) is 16.5 Å². The largest absolute Gasteiger partial charge is 0.480 e. The van der Waals surface area contributed by atoms with Crippen molar-refractivity contribution in [2.45, 2.75) is 57.3 Å². The van der Waals surface area contributed by atoms with Gasteiger partial charge in [0.1, 0.15) is 18.7 Å². The van der Waals surface area contributed by atoms with Crippen molar-refractivity contribution in [2.75, 3.05) is 6.54 Å². The number of aliphatic carboxylic acids is 1. The number of hydrogen-bond acceptors (Lipinski definition) is 6. The number of hydrogen-bond donors (Lipinski definition) is 6. The second-order valence-electron chi connectivity index (χ2n) is 7.73. The summed E-state index contributed by atoms with van der Waals surface area (Å²) in [5.41, 5.74) is 8.23. The van der Waals surface area contributed by atoms with E-state index in [1.807, 2.05) is 5.32 Å². The molecule has 0 radical (unpaired) electrons. The highest BCUT2D eigenvalue weighted by atomic mass is 19.3. The van der Waals surface area contributed by atoms with Gasteiger partial charge in [-0.25, -0.2) is 18.4 Å². The summed E-state index contributed by atoms with van der Waals surface area (Å²) in [7, 11) is 0. The van der Waals surface area contributed by atoms with Crippen LogP contribution in [-0.4, -0.2) is 65.5 Å². The number of nitrogens with two attached hydrogens (primary N) is 2. The average molecular weight is 501 g/mol. The van der Waals surface area contributed by atoms with Crippen LogP contribution >= 0.6 is 0 Å². The number of carboxylic acid groups (broad SMARTS) is 1. The number of carboxylic acids is 1. The SMILES string of the molecule is C[C@H](NC(=O)[C@](C)(NC(=O)OCc1ccccc1)C(F)F)C(=O)N[C@@H](CCCN=C(N)N)C(=O)O. The van der Waals surface area contributed by atoms with Crippen molar-refractivity contribution < 1.29 is 37.8 Å². The Labute approximate surface area is 200 Å². The van der Waals surface area contributed by atoms with Crippen LogP contribution in [0.3, 0.4) is 0 Å². The molecule has 0 aliphatic carbocycles. The molecule has 1 aromatic rings. The van der Waals surface area contributed by atoms with E-state index in [9.17, 15) is 33.1 Å². The zero-order valence-electron chi connectivity index (χ0n) is 19.3. The predicted molar refractivity (Wildman–Crippen MR) is 121 cm³/mol. The van der Waals surface area contributed by atoms with Gasteiger partial charge < -0.3 is 37.3 Å². The Kier molecular flexibility index (Phi) is 11.3. The van der Waals surface area contributed by atoms with Gasteiger partial charge in [-0.05, 0) is 32.3 Å². The first-order chi connectivity index (χ1) is 16.4. The molecule has 0 spiro atoms. The molecular weight excluding hydrogens is 470 g/mol. The molecule has 0 aliphatic rings. The molecule has 35 heavy (non-hydrogen) atoms. The fourth-order valence-electron chi connectivity index (χ4n) is 2.65. The summed E-state index contributed by atoms with van der Waals surface area (Å²) in [4.78, 5) is 52.0. The van der Waals surface area contributed by atoms with Crippen molar-refractivity contribution in [3.8, 4) is 0 Å². The van der Waals surface area contributed by atoms with Crippen molar-refractivity contribution in [3.05, 3.63) is 35.9 Å². The van der Waals surface area contributed by atoms with Crippen LogP contribution < -0.4 is 27.4 Å². The zero-order chi connectivity index (χ0) is 26.6. The number of nitrogens with one attached hydrogen (secondary N) is 3. The van der Waals surface area contributed by atoms with Gasteiger partial charge in [-0.15, -0.1) is 0 Å². The van der Waals surface area contributed by atoms with Crippen LogP contribution in [0.1, 0.15) is 32.3 Å². The normalized spacial score (nSPS) is 14.1. The number of amides is 3. The van der Waals surface area contributed by atoms with E-state index < -0.39 is 47.9 Å². The van der Waals surface area contributed by atoms with Crippen LogP contribution in [0, 0.1) is 0 Å². The lowest BCUT2D eigenvalue weighted by Crippen LogP contribution is -2.64. The van der Waals surface area contributed by atoms with Crippen molar-refractivity contribution in [3.63, 3.8) is 0 Å². The van der Waals surface area contributed by atoms with Gasteiger partial charge in [0.25, 0.3) is 12.3 Å². The molecule has 0 saturated carbocycles. The number of benzene rings is 1. The number of carbonyl (C=O) groups is 4. The second kappa shape index (κ2) is 13.7. The molecule has 8 N–H and O–H groups in total. The molecule has 1 aromatic carbocycles. The number of ether oxygens (including phenoxy) is 1. The van der Waals surface area contributed by atoms with Gasteiger partial charge in [-0.1, -0.05) is 30.3 Å². The molecule has 3 atom stereocenters. The summed E-state index contributed by atoms with van der Waals surface area (Å²) in [5.74, 6) is -3.82. The number of aliphatic imine (C=N–C) groups is 1. The standard InChI is InChI=1S/C21H30F2N6O6/c1-12(15(30)28-14(16(31)32)9-6-10-26-19(24)25)27-18(33)21(2,17(22)23)29-20(34)35-11-13-7-4-3-5-8-13/h3-5,7-8,12,14,17H,6,9-11H2,1-2H3,(H,27,33)(H,28,30)(H,29,34)(H,31,32)(H4,24,25,26)/t12-,14-,21+/m0/s1. The molecule has 0 aromatic heterocycles. The first-order valence-electron chi connectivity index (χ1n) is 10.5. The fourth-order valence-corrected chi connectivity index (χ4v) is 2.65. The quantitative estimate of drug-likeness (QED) is 0.124. The van der Waals surface area contributed by atoms with Crippen molar-refractivity contribution in [1.29, 1.82) is 0 Å². The van der Waals surface area contributed by atoms with E-state index in [-0.39, 0.29) is 32.0 Å². The summed E-state index contributed by atoms with van der Waals surface area (Å²) < 4.78 is 32.3. The number of halogens is 2. The Bertz CT molecular complexity index is 913. The highest BCUT2D eigenvalue weighted by molar-refractivity contribution is 5.95. The van der Waals surface area contributed by atoms with Crippen LogP contribution in [0.15, 0.2) is 35.3 Å². The first-order valence-corrected chi connectivity index (χ1v) is 10.5. The second-order valence-corrected chi connectivity index (χ2v) is 7.73. The lowest BCUT2D eigenvalue weighted by atomic mass is 10.0. The number of alkyl carbamates (subject to hydrolysis) is 1. The van der Waals surface area contributed by atoms with Crippen LogP contribution in [0.2, 0.25) is 0 Å². The summed E-state index contributed by atoms with van der Waals surface area (Å²) in [5, 5.41) is 15.4. The molecule has 12 nitrogen and oxygen atoms in total. The molecule has 0 unspecified atom stereocenters. The number of carbonyl (C=O) groups excluding carboxylic acids is 3. The predicted octanol–water partition coefficient (Wildman–Crippen LogP) is 0.0643. The molecule has 0 bridgehead atoms. The van der Waals surface area contributed by atoms with Gasteiger partial charge in [-0.3, -0.25) is 14.6 Å². The van der Waals surface area contributed by atoms with E-state index in [0.29, 0.717) is 5.56 Å². The van der Waals surface area contributed by atoms with Crippen LogP contribution in [0.25, 0.3) is 0 Å². The Morgan fingerprint density at radius 3 is 2.31 bits per heavy atom. The number of alkyl halides is 2. The van der Waals surface area contributed by atoms with E-state index in [1.165, 1.54) is 6.92 Å². The molecule has 0 aliphatic heterocycles. The molecule has 14 heteroatoms.